The summed E-state index contributed by atoms with van der Waals surface area (Å²) < 4.78 is 0. The Bertz CT molecular complexity index is 460. The second kappa shape index (κ2) is 4.87. The standard InChI is InChI=1S/C16H24N2O/c1-11(2)12(3)18(4)15(19)16(9-10-16)13-5-7-14(17)8-6-13/h5-8,11-12H,9-10,17H2,1-4H3. The predicted octanol–water partition coefficient (Wildman–Crippen LogP) is 2.80. The van der Waals surface area contributed by atoms with Gasteiger partial charge in [0.1, 0.15) is 0 Å². The molecular weight excluding hydrogens is 236 g/mol. The largest absolute Gasteiger partial charge is 0.399 e. The molecule has 1 aromatic carbocycles. The van der Waals surface area contributed by atoms with Crippen molar-refractivity contribution in [3.8, 4) is 0 Å². The summed E-state index contributed by atoms with van der Waals surface area (Å²) in [5, 5.41) is 0. The van der Waals surface area contributed by atoms with Gasteiger partial charge in [-0.05, 0) is 43.4 Å². The Morgan fingerprint density at radius 1 is 1.21 bits per heavy atom. The highest BCUT2D eigenvalue weighted by Gasteiger charge is 2.52. The maximum atomic E-state index is 12.8. The van der Waals surface area contributed by atoms with E-state index in [0.717, 1.165) is 24.1 Å². The number of hydrogen-bond acceptors (Lipinski definition) is 2. The van der Waals surface area contributed by atoms with E-state index in [1.54, 1.807) is 0 Å². The molecular formula is C16H24N2O. The second-order valence-corrected chi connectivity index (χ2v) is 6.10. The number of anilines is 1. The number of likely N-dealkylation sites (N-methyl/N-ethyl adjacent to an activating group) is 1. The zero-order chi connectivity index (χ0) is 14.2. The van der Waals surface area contributed by atoms with Crippen LogP contribution in [0, 0.1) is 5.92 Å². The Balaban J connectivity index is 2.21. The highest BCUT2D eigenvalue weighted by molar-refractivity contribution is 5.91. The van der Waals surface area contributed by atoms with Gasteiger partial charge in [-0.3, -0.25) is 4.79 Å². The first kappa shape index (κ1) is 13.9. The van der Waals surface area contributed by atoms with Crippen LogP contribution in [0.3, 0.4) is 0 Å². The zero-order valence-corrected chi connectivity index (χ0v) is 12.3. The lowest BCUT2D eigenvalue weighted by Gasteiger charge is -2.31. The first-order chi connectivity index (χ1) is 8.88. The first-order valence-corrected chi connectivity index (χ1v) is 7.02. The van der Waals surface area contributed by atoms with E-state index in [1.165, 1.54) is 0 Å². The van der Waals surface area contributed by atoms with Gasteiger partial charge in [-0.1, -0.05) is 26.0 Å². The van der Waals surface area contributed by atoms with Gasteiger partial charge in [0.05, 0.1) is 5.41 Å². The third kappa shape index (κ3) is 2.46. The van der Waals surface area contributed by atoms with Crippen LogP contribution >= 0.6 is 0 Å². The number of benzene rings is 1. The van der Waals surface area contributed by atoms with E-state index >= 15 is 0 Å². The Kier molecular flexibility index (Phi) is 3.57. The van der Waals surface area contributed by atoms with Crippen molar-refractivity contribution in [3.05, 3.63) is 29.8 Å². The van der Waals surface area contributed by atoms with Crippen LogP contribution in [0.2, 0.25) is 0 Å². The molecule has 1 aliphatic rings. The molecule has 1 amide bonds. The summed E-state index contributed by atoms with van der Waals surface area (Å²) in [6.07, 6.45) is 1.90. The summed E-state index contributed by atoms with van der Waals surface area (Å²) in [4.78, 5) is 14.7. The lowest BCUT2D eigenvalue weighted by Crippen LogP contribution is -2.44. The van der Waals surface area contributed by atoms with Crippen molar-refractivity contribution >= 4 is 11.6 Å². The predicted molar refractivity (Wildman–Crippen MR) is 78.8 cm³/mol. The topological polar surface area (TPSA) is 46.3 Å². The van der Waals surface area contributed by atoms with E-state index in [1.807, 2.05) is 36.2 Å². The van der Waals surface area contributed by atoms with E-state index < -0.39 is 0 Å². The average Bonchev–Trinajstić information content (AvgIpc) is 3.18. The molecule has 0 aliphatic heterocycles. The van der Waals surface area contributed by atoms with Gasteiger partial charge in [0.25, 0.3) is 0 Å². The first-order valence-electron chi connectivity index (χ1n) is 7.02. The van der Waals surface area contributed by atoms with Crippen LogP contribution in [-0.2, 0) is 10.2 Å². The fourth-order valence-corrected chi connectivity index (χ4v) is 2.52. The lowest BCUT2D eigenvalue weighted by atomic mass is 9.92. The molecule has 3 nitrogen and oxygen atoms in total. The molecule has 2 N–H and O–H groups in total. The van der Waals surface area contributed by atoms with Crippen molar-refractivity contribution < 1.29 is 4.79 Å². The molecule has 1 aliphatic carbocycles. The molecule has 0 saturated heterocycles. The molecule has 1 aromatic rings. The number of amides is 1. The third-order valence-electron chi connectivity index (χ3n) is 4.52. The van der Waals surface area contributed by atoms with Gasteiger partial charge in [0.2, 0.25) is 5.91 Å². The molecule has 104 valence electrons. The Hall–Kier alpha value is -1.51. The van der Waals surface area contributed by atoms with Crippen LogP contribution in [0.4, 0.5) is 5.69 Å². The zero-order valence-electron chi connectivity index (χ0n) is 12.3. The number of carbonyl (C=O) groups excluding carboxylic acids is 1. The van der Waals surface area contributed by atoms with Crippen molar-refractivity contribution in [3.63, 3.8) is 0 Å². The van der Waals surface area contributed by atoms with E-state index in [2.05, 4.69) is 20.8 Å². The molecule has 2 rings (SSSR count). The molecule has 3 heteroatoms. The second-order valence-electron chi connectivity index (χ2n) is 6.10. The van der Waals surface area contributed by atoms with Crippen LogP contribution in [-0.4, -0.2) is 23.9 Å². The van der Waals surface area contributed by atoms with Gasteiger partial charge in [0, 0.05) is 18.8 Å². The van der Waals surface area contributed by atoms with Crippen LogP contribution in [0.5, 0.6) is 0 Å². The van der Waals surface area contributed by atoms with Gasteiger partial charge in [-0.25, -0.2) is 0 Å². The van der Waals surface area contributed by atoms with Gasteiger partial charge >= 0.3 is 0 Å². The number of nitrogen functional groups attached to an aromatic ring is 1. The smallest absolute Gasteiger partial charge is 0.233 e. The van der Waals surface area contributed by atoms with Gasteiger partial charge in [-0.15, -0.1) is 0 Å². The van der Waals surface area contributed by atoms with Crippen LogP contribution in [0.1, 0.15) is 39.2 Å². The molecule has 1 saturated carbocycles. The van der Waals surface area contributed by atoms with Gasteiger partial charge in [-0.2, -0.15) is 0 Å². The minimum Gasteiger partial charge on any atom is -0.399 e. The molecule has 0 aromatic heterocycles. The highest BCUT2D eigenvalue weighted by Crippen LogP contribution is 2.49. The van der Waals surface area contributed by atoms with Crippen molar-refractivity contribution in [2.24, 2.45) is 5.92 Å². The summed E-state index contributed by atoms with van der Waals surface area (Å²) in [6, 6.07) is 8.02. The summed E-state index contributed by atoms with van der Waals surface area (Å²) in [5.41, 5.74) is 7.28. The summed E-state index contributed by atoms with van der Waals surface area (Å²) in [5.74, 6) is 0.717. The fraction of sp³-hybridized carbons (Fsp3) is 0.562. The van der Waals surface area contributed by atoms with Gasteiger partial charge < -0.3 is 10.6 Å². The Morgan fingerprint density at radius 2 is 1.74 bits per heavy atom. The Morgan fingerprint density at radius 3 is 2.16 bits per heavy atom. The van der Waals surface area contributed by atoms with Crippen molar-refractivity contribution in [1.29, 1.82) is 0 Å². The summed E-state index contributed by atoms with van der Waals surface area (Å²) >= 11 is 0. The normalized spacial score (nSPS) is 18.2. The molecule has 1 unspecified atom stereocenters. The fourth-order valence-electron chi connectivity index (χ4n) is 2.52. The maximum absolute atomic E-state index is 12.8. The maximum Gasteiger partial charge on any atom is 0.233 e. The van der Waals surface area contributed by atoms with Crippen LogP contribution in [0.25, 0.3) is 0 Å². The number of carbonyl (C=O) groups is 1. The Labute approximate surface area is 115 Å². The van der Waals surface area contributed by atoms with Crippen LogP contribution in [0.15, 0.2) is 24.3 Å². The van der Waals surface area contributed by atoms with Crippen molar-refractivity contribution in [1.82, 2.24) is 4.90 Å². The van der Waals surface area contributed by atoms with E-state index in [-0.39, 0.29) is 17.4 Å². The SMILES string of the molecule is CC(C)C(C)N(C)C(=O)C1(c2ccc(N)cc2)CC1. The van der Waals surface area contributed by atoms with Crippen molar-refractivity contribution in [2.45, 2.75) is 45.1 Å². The molecule has 0 spiro atoms. The van der Waals surface area contributed by atoms with Gasteiger partial charge in [0.15, 0.2) is 0 Å². The minimum atomic E-state index is -0.286. The monoisotopic (exact) mass is 260 g/mol. The quantitative estimate of drug-likeness (QED) is 0.846. The third-order valence-corrected chi connectivity index (χ3v) is 4.52. The van der Waals surface area contributed by atoms with E-state index in [0.29, 0.717) is 5.92 Å². The van der Waals surface area contributed by atoms with E-state index in [9.17, 15) is 4.79 Å². The lowest BCUT2D eigenvalue weighted by molar-refractivity contribution is -0.135. The average molecular weight is 260 g/mol. The minimum absolute atomic E-state index is 0.249. The summed E-state index contributed by atoms with van der Waals surface area (Å²) in [6.45, 7) is 6.41. The van der Waals surface area contributed by atoms with Crippen molar-refractivity contribution in [2.75, 3.05) is 12.8 Å². The molecule has 1 atom stereocenters. The molecule has 19 heavy (non-hydrogen) atoms. The number of rotatable bonds is 4. The molecule has 0 radical (unpaired) electrons. The molecule has 1 fully saturated rings. The highest BCUT2D eigenvalue weighted by atomic mass is 16.2. The van der Waals surface area contributed by atoms with E-state index in [4.69, 9.17) is 5.73 Å². The number of nitrogens with zero attached hydrogens (tertiary/aromatic N) is 1. The van der Waals surface area contributed by atoms with Crippen LogP contribution < -0.4 is 5.73 Å². The number of hydrogen-bond donors (Lipinski definition) is 1. The summed E-state index contributed by atoms with van der Waals surface area (Å²) in [7, 11) is 1.92. The molecule has 0 heterocycles. The number of nitrogens with two attached hydrogens (primary N) is 1. The molecule has 0 bridgehead atoms.